The summed E-state index contributed by atoms with van der Waals surface area (Å²) in [4.78, 5) is 31.2. The number of aromatic nitrogens is 4. The first-order valence-electron chi connectivity index (χ1n) is 9.27. The van der Waals surface area contributed by atoms with Crippen molar-refractivity contribution >= 4 is 22.9 Å². The zero-order chi connectivity index (χ0) is 19.0. The molecule has 0 fully saturated rings. The van der Waals surface area contributed by atoms with Crippen LogP contribution < -0.4 is 10.2 Å². The number of nitrogens with zero attached hydrogens (tertiary/aromatic N) is 4. The number of aryl methyl sites for hydroxylation is 2. The topological polar surface area (TPSA) is 86.8 Å². The Morgan fingerprint density at radius 1 is 1.33 bits per heavy atom. The van der Waals surface area contributed by atoms with Crippen molar-refractivity contribution in [2.45, 2.75) is 38.6 Å². The van der Waals surface area contributed by atoms with E-state index in [9.17, 15) is 4.79 Å². The summed E-state index contributed by atoms with van der Waals surface area (Å²) in [7, 11) is 3.86. The van der Waals surface area contributed by atoms with Gasteiger partial charge >= 0.3 is 0 Å². The van der Waals surface area contributed by atoms with Crippen molar-refractivity contribution in [2.24, 2.45) is 0 Å². The van der Waals surface area contributed by atoms with Crippen molar-refractivity contribution in [3.63, 3.8) is 0 Å². The lowest BCUT2D eigenvalue weighted by Crippen LogP contribution is -2.32. The maximum absolute atomic E-state index is 12.6. The van der Waals surface area contributed by atoms with Crippen molar-refractivity contribution in [1.82, 2.24) is 25.3 Å². The van der Waals surface area contributed by atoms with E-state index >= 15 is 0 Å². The van der Waals surface area contributed by atoms with Gasteiger partial charge < -0.3 is 15.2 Å². The van der Waals surface area contributed by atoms with Crippen LogP contribution in [0, 0.1) is 6.92 Å². The first-order valence-corrected chi connectivity index (χ1v) is 9.27. The zero-order valence-corrected chi connectivity index (χ0v) is 15.9. The van der Waals surface area contributed by atoms with Crippen LogP contribution in [-0.4, -0.2) is 39.9 Å². The number of amides is 1. The zero-order valence-electron chi connectivity index (χ0n) is 15.9. The largest absolute Gasteiger partial charge is 0.349 e. The van der Waals surface area contributed by atoms with E-state index in [-0.39, 0.29) is 11.9 Å². The monoisotopic (exact) mass is 364 g/mol. The summed E-state index contributed by atoms with van der Waals surface area (Å²) in [6.45, 7) is 1.93. The van der Waals surface area contributed by atoms with Crippen LogP contribution in [-0.2, 0) is 17.6 Å². The van der Waals surface area contributed by atoms with Crippen LogP contribution in [0.15, 0.2) is 24.4 Å². The Hall–Kier alpha value is -2.96. The second-order valence-corrected chi connectivity index (χ2v) is 7.33. The van der Waals surface area contributed by atoms with Gasteiger partial charge in [-0.1, -0.05) is 6.07 Å². The lowest BCUT2D eigenvalue weighted by atomic mass is 9.92. The van der Waals surface area contributed by atoms with E-state index < -0.39 is 0 Å². The Morgan fingerprint density at radius 2 is 2.19 bits per heavy atom. The molecule has 1 atom stereocenters. The number of benzene rings is 1. The molecule has 0 bridgehead atoms. The predicted octanol–water partition coefficient (Wildman–Crippen LogP) is 2.46. The molecule has 1 aliphatic rings. The molecular weight excluding hydrogens is 340 g/mol. The maximum atomic E-state index is 12.6. The van der Waals surface area contributed by atoms with E-state index in [0.29, 0.717) is 12.4 Å². The van der Waals surface area contributed by atoms with Gasteiger partial charge in [-0.2, -0.15) is 0 Å². The number of hydrogen-bond donors (Lipinski definition) is 2. The summed E-state index contributed by atoms with van der Waals surface area (Å²) in [6, 6.07) is 5.89. The Morgan fingerprint density at radius 3 is 3.00 bits per heavy atom. The van der Waals surface area contributed by atoms with Crippen LogP contribution in [0.1, 0.15) is 41.5 Å². The molecule has 3 aromatic rings. The van der Waals surface area contributed by atoms with Crippen LogP contribution in [0.25, 0.3) is 11.0 Å². The minimum Gasteiger partial charge on any atom is -0.349 e. The molecule has 27 heavy (non-hydrogen) atoms. The molecule has 0 aliphatic heterocycles. The maximum Gasteiger partial charge on any atom is 0.225 e. The van der Waals surface area contributed by atoms with Gasteiger partial charge in [0, 0.05) is 25.9 Å². The molecule has 0 radical (unpaired) electrons. The third-order valence-corrected chi connectivity index (χ3v) is 4.93. The molecule has 0 unspecified atom stereocenters. The van der Waals surface area contributed by atoms with E-state index in [1.807, 2.05) is 50.3 Å². The average molecular weight is 364 g/mol. The van der Waals surface area contributed by atoms with Crippen molar-refractivity contribution in [1.29, 1.82) is 0 Å². The second kappa shape index (κ2) is 6.98. The standard InChI is InChI=1S/C20H24N6O/c1-12-22-17-8-7-13(9-18(17)23-12)10-19(27)24-15-5-4-6-16-14(15)11-21-20(25-16)26(2)3/h7-9,11,15H,4-6,10H2,1-3H3,(H,22,23)(H,24,27)/t15-/m1/s1. The molecule has 1 aliphatic carbocycles. The lowest BCUT2D eigenvalue weighted by molar-refractivity contribution is -0.121. The number of aromatic amines is 1. The van der Waals surface area contributed by atoms with Gasteiger partial charge in [0.05, 0.1) is 29.2 Å². The first-order chi connectivity index (χ1) is 13.0. The lowest BCUT2D eigenvalue weighted by Gasteiger charge is -2.26. The van der Waals surface area contributed by atoms with E-state index in [2.05, 4.69) is 25.3 Å². The van der Waals surface area contributed by atoms with Crippen LogP contribution in [0.4, 0.5) is 5.95 Å². The average Bonchev–Trinajstić information content (AvgIpc) is 3.00. The van der Waals surface area contributed by atoms with Gasteiger partial charge in [0.15, 0.2) is 0 Å². The fraction of sp³-hybridized carbons (Fsp3) is 0.400. The van der Waals surface area contributed by atoms with Gasteiger partial charge in [0.2, 0.25) is 11.9 Å². The summed E-state index contributed by atoms with van der Waals surface area (Å²) in [5.74, 6) is 1.60. The van der Waals surface area contributed by atoms with Crippen LogP contribution in [0.3, 0.4) is 0 Å². The number of carbonyl (C=O) groups excluding carboxylic acids is 1. The first kappa shape index (κ1) is 17.5. The fourth-order valence-corrected chi connectivity index (χ4v) is 3.63. The number of rotatable bonds is 4. The van der Waals surface area contributed by atoms with Gasteiger partial charge in [-0.25, -0.2) is 15.0 Å². The van der Waals surface area contributed by atoms with Crippen molar-refractivity contribution in [2.75, 3.05) is 19.0 Å². The molecule has 0 saturated carbocycles. The molecular formula is C20H24N6O. The van der Waals surface area contributed by atoms with Crippen molar-refractivity contribution in [3.05, 3.63) is 47.0 Å². The summed E-state index contributed by atoms with van der Waals surface area (Å²) in [6.07, 6.45) is 5.07. The normalized spacial score (nSPS) is 16.2. The van der Waals surface area contributed by atoms with E-state index in [4.69, 9.17) is 0 Å². The minimum absolute atomic E-state index is 0.0140. The Kier molecular flexibility index (Phi) is 4.51. The summed E-state index contributed by atoms with van der Waals surface area (Å²) in [5.41, 5.74) is 4.94. The molecule has 1 amide bonds. The quantitative estimate of drug-likeness (QED) is 0.743. The number of H-pyrrole nitrogens is 1. The van der Waals surface area contributed by atoms with Gasteiger partial charge in [-0.3, -0.25) is 4.79 Å². The van der Waals surface area contributed by atoms with Gasteiger partial charge in [0.1, 0.15) is 5.82 Å². The third kappa shape index (κ3) is 3.63. The van der Waals surface area contributed by atoms with Crippen LogP contribution >= 0.6 is 0 Å². The molecule has 2 N–H and O–H groups in total. The van der Waals surface area contributed by atoms with Crippen molar-refractivity contribution < 1.29 is 4.79 Å². The number of imidazole rings is 1. The summed E-state index contributed by atoms with van der Waals surface area (Å²) >= 11 is 0. The Labute approximate surface area is 158 Å². The van der Waals surface area contributed by atoms with Crippen LogP contribution in [0.2, 0.25) is 0 Å². The van der Waals surface area contributed by atoms with E-state index in [1.165, 1.54) is 0 Å². The molecule has 2 heterocycles. The molecule has 4 rings (SSSR count). The molecule has 0 spiro atoms. The Bertz CT molecular complexity index is 993. The summed E-state index contributed by atoms with van der Waals surface area (Å²) in [5, 5.41) is 3.17. The SMILES string of the molecule is Cc1nc2ccc(CC(=O)N[C@@H]3CCCc4nc(N(C)C)ncc43)cc2[nH]1. The highest BCUT2D eigenvalue weighted by Gasteiger charge is 2.24. The van der Waals surface area contributed by atoms with Gasteiger partial charge in [-0.05, 0) is 43.9 Å². The number of nitrogens with one attached hydrogen (secondary N) is 2. The second-order valence-electron chi connectivity index (χ2n) is 7.33. The molecule has 2 aromatic heterocycles. The van der Waals surface area contributed by atoms with Crippen molar-refractivity contribution in [3.8, 4) is 0 Å². The molecule has 7 nitrogen and oxygen atoms in total. The Balaban J connectivity index is 1.48. The number of fused-ring (bicyclic) bond motifs is 2. The van der Waals surface area contributed by atoms with E-state index in [0.717, 1.165) is 52.9 Å². The third-order valence-electron chi connectivity index (χ3n) is 4.93. The van der Waals surface area contributed by atoms with Gasteiger partial charge in [-0.15, -0.1) is 0 Å². The smallest absolute Gasteiger partial charge is 0.225 e. The fourth-order valence-electron chi connectivity index (χ4n) is 3.63. The number of carbonyl (C=O) groups is 1. The molecule has 1 aromatic carbocycles. The predicted molar refractivity (Wildman–Crippen MR) is 105 cm³/mol. The molecule has 7 heteroatoms. The highest BCUT2D eigenvalue weighted by molar-refractivity contribution is 5.82. The molecule has 140 valence electrons. The molecule has 0 saturated heterocycles. The van der Waals surface area contributed by atoms with Gasteiger partial charge in [0.25, 0.3) is 0 Å². The van der Waals surface area contributed by atoms with Crippen LogP contribution in [0.5, 0.6) is 0 Å². The number of hydrogen-bond acceptors (Lipinski definition) is 5. The summed E-state index contributed by atoms with van der Waals surface area (Å²) < 4.78 is 0. The minimum atomic E-state index is -0.0180. The van der Waals surface area contributed by atoms with E-state index in [1.54, 1.807) is 0 Å². The highest BCUT2D eigenvalue weighted by atomic mass is 16.1. The number of anilines is 1. The highest BCUT2D eigenvalue weighted by Crippen LogP contribution is 2.29.